The van der Waals surface area contributed by atoms with Crippen molar-refractivity contribution in [1.29, 1.82) is 0 Å². The average molecular weight is 222 g/mol. The van der Waals surface area contributed by atoms with Crippen LogP contribution in [-0.2, 0) is 0 Å². The second-order valence-corrected chi connectivity index (χ2v) is 5.39. The number of hydrogen-bond donors (Lipinski definition) is 0. The van der Waals surface area contributed by atoms with Gasteiger partial charge in [-0.3, -0.25) is 0 Å². The van der Waals surface area contributed by atoms with E-state index in [4.69, 9.17) is 11.6 Å². The predicted molar refractivity (Wildman–Crippen MR) is 62.9 cm³/mol. The maximum absolute atomic E-state index is 6.31. The summed E-state index contributed by atoms with van der Waals surface area (Å²) in [7, 11) is 2.21. The van der Waals surface area contributed by atoms with Crippen LogP contribution in [-0.4, -0.2) is 41.9 Å². The van der Waals surface area contributed by atoms with E-state index in [9.17, 15) is 0 Å². The lowest BCUT2D eigenvalue weighted by molar-refractivity contribution is 0.206. The molecule has 0 heterocycles. The highest BCUT2D eigenvalue weighted by molar-refractivity contribution is 7.98. The van der Waals surface area contributed by atoms with E-state index in [1.54, 1.807) is 0 Å². The first-order valence-electron chi connectivity index (χ1n) is 5.09. The fraction of sp³-hybridized carbons (Fsp3) is 1.00. The first kappa shape index (κ1) is 11.7. The van der Waals surface area contributed by atoms with E-state index in [0.717, 1.165) is 0 Å². The summed E-state index contributed by atoms with van der Waals surface area (Å²) in [6.45, 7) is 1.18. The van der Waals surface area contributed by atoms with Gasteiger partial charge in [0.1, 0.15) is 0 Å². The van der Waals surface area contributed by atoms with Crippen molar-refractivity contribution in [2.45, 2.75) is 37.1 Å². The number of thioether (sulfide) groups is 1. The minimum absolute atomic E-state index is 0.389. The second kappa shape index (κ2) is 6.15. The molecule has 0 aromatic carbocycles. The van der Waals surface area contributed by atoms with Gasteiger partial charge in [0.25, 0.3) is 0 Å². The van der Waals surface area contributed by atoms with E-state index in [-0.39, 0.29) is 0 Å². The number of halogens is 1. The number of rotatable bonds is 4. The molecule has 0 radical (unpaired) electrons. The Balaban J connectivity index is 2.30. The molecular formula is C10H20ClNS. The summed E-state index contributed by atoms with van der Waals surface area (Å²) in [5.74, 6) is 1.22. The van der Waals surface area contributed by atoms with Crippen LogP contribution in [0.4, 0.5) is 0 Å². The van der Waals surface area contributed by atoms with Gasteiger partial charge in [0.05, 0.1) is 0 Å². The lowest BCUT2D eigenvalue weighted by Crippen LogP contribution is -2.41. The van der Waals surface area contributed by atoms with Crippen molar-refractivity contribution in [3.05, 3.63) is 0 Å². The van der Waals surface area contributed by atoms with Crippen LogP contribution in [0.2, 0.25) is 0 Å². The third-order valence-electron chi connectivity index (χ3n) is 2.86. The molecule has 0 spiro atoms. The fourth-order valence-electron chi connectivity index (χ4n) is 1.96. The van der Waals surface area contributed by atoms with Gasteiger partial charge in [0.2, 0.25) is 0 Å². The first-order chi connectivity index (χ1) is 6.25. The molecular weight excluding hydrogens is 202 g/mol. The van der Waals surface area contributed by atoms with E-state index in [2.05, 4.69) is 18.2 Å². The molecule has 1 saturated carbocycles. The van der Waals surface area contributed by atoms with E-state index >= 15 is 0 Å². The predicted octanol–water partition coefficient (Wildman–Crippen LogP) is 2.83. The quantitative estimate of drug-likeness (QED) is 0.672. The van der Waals surface area contributed by atoms with Crippen molar-refractivity contribution in [1.82, 2.24) is 4.90 Å². The van der Waals surface area contributed by atoms with Crippen LogP contribution < -0.4 is 0 Å². The molecule has 0 saturated heterocycles. The maximum Gasteiger partial charge on any atom is 0.0491 e. The van der Waals surface area contributed by atoms with E-state index in [1.165, 1.54) is 38.0 Å². The molecule has 78 valence electrons. The summed E-state index contributed by atoms with van der Waals surface area (Å²) in [6.07, 6.45) is 7.33. The van der Waals surface area contributed by atoms with Crippen LogP contribution in [0.5, 0.6) is 0 Å². The Hall–Kier alpha value is 0.600. The van der Waals surface area contributed by atoms with E-state index < -0.39 is 0 Å². The Bertz CT molecular complexity index is 143. The van der Waals surface area contributed by atoms with Gasteiger partial charge in [-0.2, -0.15) is 11.8 Å². The summed E-state index contributed by atoms with van der Waals surface area (Å²) in [6, 6.07) is 0.627. The van der Waals surface area contributed by atoms with Crippen molar-refractivity contribution in [3.8, 4) is 0 Å². The molecule has 1 rings (SSSR count). The van der Waals surface area contributed by atoms with Crippen LogP contribution in [0, 0.1) is 0 Å². The molecule has 0 aliphatic heterocycles. The molecule has 3 heteroatoms. The van der Waals surface area contributed by atoms with Crippen molar-refractivity contribution >= 4 is 23.4 Å². The minimum atomic E-state index is 0.389. The summed E-state index contributed by atoms with van der Waals surface area (Å²) in [5.41, 5.74) is 0. The van der Waals surface area contributed by atoms with E-state index in [1.807, 2.05) is 11.8 Å². The monoisotopic (exact) mass is 221 g/mol. The van der Waals surface area contributed by atoms with Gasteiger partial charge in [0.15, 0.2) is 0 Å². The highest BCUT2D eigenvalue weighted by atomic mass is 35.5. The minimum Gasteiger partial charge on any atom is -0.301 e. The average Bonchev–Trinajstić information content (AvgIpc) is 2.15. The normalized spacial score (nSPS) is 29.5. The van der Waals surface area contributed by atoms with Gasteiger partial charge in [-0.25, -0.2) is 0 Å². The highest BCUT2D eigenvalue weighted by Crippen LogP contribution is 2.26. The van der Waals surface area contributed by atoms with Gasteiger partial charge in [-0.15, -0.1) is 11.6 Å². The lowest BCUT2D eigenvalue weighted by atomic mass is 9.94. The Morgan fingerprint density at radius 3 is 2.69 bits per heavy atom. The topological polar surface area (TPSA) is 3.24 Å². The van der Waals surface area contributed by atoms with Gasteiger partial charge in [-0.1, -0.05) is 12.8 Å². The molecule has 0 amide bonds. The fourth-order valence-corrected chi connectivity index (χ4v) is 2.91. The van der Waals surface area contributed by atoms with Crippen LogP contribution in [0.1, 0.15) is 25.7 Å². The van der Waals surface area contributed by atoms with E-state index in [0.29, 0.717) is 11.4 Å². The molecule has 0 N–H and O–H groups in total. The molecule has 0 bridgehead atoms. The van der Waals surface area contributed by atoms with Crippen molar-refractivity contribution in [3.63, 3.8) is 0 Å². The first-order valence-corrected chi connectivity index (χ1v) is 6.92. The largest absolute Gasteiger partial charge is 0.301 e. The van der Waals surface area contributed by atoms with Crippen LogP contribution in [0.3, 0.4) is 0 Å². The third-order valence-corrected chi connectivity index (χ3v) is 3.96. The molecule has 1 fully saturated rings. The van der Waals surface area contributed by atoms with Crippen molar-refractivity contribution in [2.24, 2.45) is 0 Å². The highest BCUT2D eigenvalue weighted by Gasteiger charge is 2.25. The lowest BCUT2D eigenvalue weighted by Gasteiger charge is -2.34. The summed E-state index contributed by atoms with van der Waals surface area (Å²) >= 11 is 8.22. The summed E-state index contributed by atoms with van der Waals surface area (Å²) in [5, 5.41) is 0.389. The smallest absolute Gasteiger partial charge is 0.0491 e. The number of alkyl halides is 1. The maximum atomic E-state index is 6.31. The van der Waals surface area contributed by atoms with Gasteiger partial charge in [-0.05, 0) is 26.1 Å². The van der Waals surface area contributed by atoms with Crippen LogP contribution >= 0.6 is 23.4 Å². The molecule has 13 heavy (non-hydrogen) atoms. The second-order valence-electron chi connectivity index (χ2n) is 3.84. The van der Waals surface area contributed by atoms with Gasteiger partial charge >= 0.3 is 0 Å². The zero-order valence-electron chi connectivity index (χ0n) is 8.63. The molecule has 1 aliphatic rings. The number of nitrogens with zero attached hydrogens (tertiary/aromatic N) is 1. The summed E-state index contributed by atoms with van der Waals surface area (Å²) in [4.78, 5) is 2.44. The third kappa shape index (κ3) is 3.69. The zero-order chi connectivity index (χ0) is 9.68. The Labute approximate surface area is 91.2 Å². The molecule has 1 aliphatic carbocycles. The molecule has 1 nitrogen and oxygen atoms in total. The molecule has 0 aromatic rings. The van der Waals surface area contributed by atoms with Gasteiger partial charge < -0.3 is 4.90 Å². The number of hydrogen-bond acceptors (Lipinski definition) is 2. The molecule has 2 unspecified atom stereocenters. The Morgan fingerprint density at radius 2 is 2.08 bits per heavy atom. The zero-order valence-corrected chi connectivity index (χ0v) is 10.2. The Morgan fingerprint density at radius 1 is 1.38 bits per heavy atom. The Kier molecular flexibility index (Phi) is 5.52. The molecule has 2 atom stereocenters. The van der Waals surface area contributed by atoms with Gasteiger partial charge in [0, 0.05) is 23.7 Å². The standard InChI is InChI=1S/C10H20ClNS/c1-12(7-8-13-2)10-6-4-3-5-9(10)11/h9-10H,3-8H2,1-2H3. The van der Waals surface area contributed by atoms with Crippen molar-refractivity contribution < 1.29 is 0 Å². The van der Waals surface area contributed by atoms with Crippen LogP contribution in [0.25, 0.3) is 0 Å². The van der Waals surface area contributed by atoms with Crippen molar-refractivity contribution in [2.75, 3.05) is 25.6 Å². The molecule has 0 aromatic heterocycles. The van der Waals surface area contributed by atoms with Crippen LogP contribution in [0.15, 0.2) is 0 Å². The SMILES string of the molecule is CSCCN(C)C1CCCCC1Cl. The summed E-state index contributed by atoms with van der Waals surface area (Å²) < 4.78 is 0.